The molecule has 0 spiro atoms. The summed E-state index contributed by atoms with van der Waals surface area (Å²) in [6.07, 6.45) is 1.86. The molecule has 0 fully saturated rings. The highest BCUT2D eigenvalue weighted by molar-refractivity contribution is 6.07. The number of aryl methyl sites for hydroxylation is 1. The highest BCUT2D eigenvalue weighted by Gasteiger charge is 2.24. The first kappa shape index (κ1) is 18.7. The number of aromatic nitrogens is 1. The lowest BCUT2D eigenvalue weighted by Gasteiger charge is -2.29. The van der Waals surface area contributed by atoms with Crippen molar-refractivity contribution in [3.63, 3.8) is 0 Å². The zero-order valence-electron chi connectivity index (χ0n) is 16.1. The smallest absolute Gasteiger partial charge is 0.276 e. The maximum atomic E-state index is 13.1. The van der Waals surface area contributed by atoms with Gasteiger partial charge in [0.15, 0.2) is 0 Å². The summed E-state index contributed by atoms with van der Waals surface area (Å²) in [5.74, 6) is 0.135. The van der Waals surface area contributed by atoms with Gasteiger partial charge in [-0.1, -0.05) is 24.3 Å². The average molecular weight is 387 g/mol. The number of pyridine rings is 1. The van der Waals surface area contributed by atoms with E-state index in [1.165, 1.54) is 0 Å². The molecule has 6 nitrogen and oxygen atoms in total. The van der Waals surface area contributed by atoms with Gasteiger partial charge in [0.2, 0.25) is 0 Å². The van der Waals surface area contributed by atoms with Crippen molar-refractivity contribution in [2.45, 2.75) is 12.8 Å². The van der Waals surface area contributed by atoms with Gasteiger partial charge in [0.1, 0.15) is 17.1 Å². The maximum Gasteiger partial charge on any atom is 0.276 e. The Kier molecular flexibility index (Phi) is 5.24. The van der Waals surface area contributed by atoms with E-state index in [-0.39, 0.29) is 23.2 Å². The Morgan fingerprint density at radius 1 is 0.966 bits per heavy atom. The van der Waals surface area contributed by atoms with Crippen LogP contribution >= 0.6 is 0 Å². The van der Waals surface area contributed by atoms with E-state index in [1.807, 2.05) is 24.3 Å². The second-order valence-corrected chi connectivity index (χ2v) is 6.78. The van der Waals surface area contributed by atoms with E-state index in [2.05, 4.69) is 10.3 Å². The van der Waals surface area contributed by atoms with Crippen molar-refractivity contribution in [1.29, 1.82) is 0 Å². The number of para-hydroxylation sites is 1. The number of amides is 2. The van der Waals surface area contributed by atoms with Gasteiger partial charge in [-0.15, -0.1) is 0 Å². The summed E-state index contributed by atoms with van der Waals surface area (Å²) >= 11 is 0. The number of methoxy groups -OCH3 is 1. The third-order valence-corrected chi connectivity index (χ3v) is 4.90. The van der Waals surface area contributed by atoms with Crippen molar-refractivity contribution in [3.05, 3.63) is 83.7 Å². The first-order chi connectivity index (χ1) is 14.2. The van der Waals surface area contributed by atoms with Crippen LogP contribution in [0.2, 0.25) is 0 Å². The lowest BCUT2D eigenvalue weighted by molar-refractivity contribution is 0.0980. The van der Waals surface area contributed by atoms with Gasteiger partial charge in [0.25, 0.3) is 11.8 Å². The van der Waals surface area contributed by atoms with Gasteiger partial charge in [-0.25, -0.2) is 4.98 Å². The molecule has 2 amide bonds. The van der Waals surface area contributed by atoms with Crippen molar-refractivity contribution in [2.75, 3.05) is 23.9 Å². The topological polar surface area (TPSA) is 71.5 Å². The molecule has 0 radical (unpaired) electrons. The molecule has 2 heterocycles. The van der Waals surface area contributed by atoms with Crippen LogP contribution in [0.25, 0.3) is 0 Å². The molecule has 3 aromatic rings. The van der Waals surface area contributed by atoms with E-state index in [1.54, 1.807) is 54.5 Å². The Labute approximate surface area is 169 Å². The molecular formula is C23H21N3O3. The maximum absolute atomic E-state index is 13.1. The molecule has 0 aliphatic carbocycles. The molecule has 29 heavy (non-hydrogen) atoms. The van der Waals surface area contributed by atoms with Gasteiger partial charge >= 0.3 is 0 Å². The first-order valence-corrected chi connectivity index (χ1v) is 9.48. The molecule has 0 bridgehead atoms. The Hall–Kier alpha value is -3.67. The molecule has 0 atom stereocenters. The summed E-state index contributed by atoms with van der Waals surface area (Å²) < 4.78 is 5.12. The summed E-state index contributed by atoms with van der Waals surface area (Å²) in [6.45, 7) is 0.639. The van der Waals surface area contributed by atoms with Crippen molar-refractivity contribution >= 4 is 23.2 Å². The van der Waals surface area contributed by atoms with Gasteiger partial charge in [-0.2, -0.15) is 0 Å². The van der Waals surface area contributed by atoms with Crippen molar-refractivity contribution in [1.82, 2.24) is 4.98 Å². The molecular weight excluding hydrogens is 366 g/mol. The van der Waals surface area contributed by atoms with Gasteiger partial charge in [0.05, 0.1) is 7.11 Å². The van der Waals surface area contributed by atoms with E-state index < -0.39 is 0 Å². The number of nitrogens with one attached hydrogen (secondary N) is 1. The van der Waals surface area contributed by atoms with Gasteiger partial charge < -0.3 is 15.0 Å². The fourth-order valence-electron chi connectivity index (χ4n) is 3.43. The number of carbonyl (C=O) groups excluding carboxylic acids is 2. The second kappa shape index (κ2) is 8.14. The quantitative estimate of drug-likeness (QED) is 0.736. The molecule has 1 aromatic heterocycles. The minimum atomic E-state index is -0.371. The zero-order chi connectivity index (χ0) is 20.2. The molecule has 0 saturated carbocycles. The minimum absolute atomic E-state index is 0.192. The number of hydrogen-bond acceptors (Lipinski definition) is 4. The third-order valence-electron chi connectivity index (χ3n) is 4.90. The van der Waals surface area contributed by atoms with Crippen LogP contribution in [0.5, 0.6) is 5.75 Å². The lowest BCUT2D eigenvalue weighted by atomic mass is 10.0. The number of hydrogen-bond donors (Lipinski definition) is 1. The second-order valence-electron chi connectivity index (χ2n) is 6.78. The van der Waals surface area contributed by atoms with Crippen LogP contribution in [0.15, 0.2) is 66.7 Å². The predicted molar refractivity (Wildman–Crippen MR) is 112 cm³/mol. The molecule has 4 rings (SSSR count). The molecule has 146 valence electrons. The van der Waals surface area contributed by atoms with Crippen LogP contribution in [0.1, 0.15) is 33.0 Å². The summed E-state index contributed by atoms with van der Waals surface area (Å²) in [4.78, 5) is 31.7. The monoisotopic (exact) mass is 387 g/mol. The number of anilines is 2. The van der Waals surface area contributed by atoms with E-state index >= 15 is 0 Å². The van der Waals surface area contributed by atoms with Crippen LogP contribution < -0.4 is 15.0 Å². The number of nitrogens with zero attached hydrogens (tertiary/aromatic N) is 2. The fraction of sp³-hybridized carbons (Fsp3) is 0.174. The van der Waals surface area contributed by atoms with Crippen molar-refractivity contribution in [3.8, 4) is 5.75 Å². The number of benzene rings is 2. The normalized spacial score (nSPS) is 12.8. The predicted octanol–water partition coefficient (Wildman–Crippen LogP) is 3.94. The van der Waals surface area contributed by atoms with Crippen molar-refractivity contribution < 1.29 is 14.3 Å². The molecule has 1 aliphatic rings. The highest BCUT2D eigenvalue weighted by Crippen LogP contribution is 2.27. The highest BCUT2D eigenvalue weighted by atomic mass is 16.5. The van der Waals surface area contributed by atoms with Crippen LogP contribution in [0.3, 0.4) is 0 Å². The van der Waals surface area contributed by atoms with Crippen LogP contribution in [-0.2, 0) is 6.42 Å². The lowest BCUT2D eigenvalue weighted by Crippen LogP contribution is -2.36. The third kappa shape index (κ3) is 3.96. The Balaban J connectivity index is 1.54. The molecule has 0 unspecified atom stereocenters. The summed E-state index contributed by atoms with van der Waals surface area (Å²) in [5, 5.41) is 2.79. The minimum Gasteiger partial charge on any atom is -0.497 e. The Morgan fingerprint density at radius 2 is 1.72 bits per heavy atom. The molecule has 0 saturated heterocycles. The Morgan fingerprint density at radius 3 is 2.52 bits per heavy atom. The van der Waals surface area contributed by atoms with E-state index in [0.717, 1.165) is 24.1 Å². The van der Waals surface area contributed by atoms with Crippen LogP contribution in [0.4, 0.5) is 11.4 Å². The van der Waals surface area contributed by atoms with Gasteiger partial charge in [0, 0.05) is 17.9 Å². The molecule has 2 aromatic carbocycles. The number of ether oxygens (including phenoxy) is 1. The van der Waals surface area contributed by atoms with E-state index in [9.17, 15) is 9.59 Å². The first-order valence-electron chi connectivity index (χ1n) is 9.48. The number of carbonyl (C=O) groups is 2. The summed E-state index contributed by atoms with van der Waals surface area (Å²) in [6, 6.07) is 19.8. The summed E-state index contributed by atoms with van der Waals surface area (Å²) in [7, 11) is 1.58. The van der Waals surface area contributed by atoms with Gasteiger partial charge in [-0.3, -0.25) is 9.59 Å². The largest absolute Gasteiger partial charge is 0.497 e. The molecule has 1 aliphatic heterocycles. The fourth-order valence-corrected chi connectivity index (χ4v) is 3.43. The molecule has 1 N–H and O–H groups in total. The number of rotatable bonds is 4. The van der Waals surface area contributed by atoms with Crippen molar-refractivity contribution in [2.24, 2.45) is 0 Å². The summed E-state index contributed by atoms with van der Waals surface area (Å²) in [5.41, 5.74) is 3.14. The standard InChI is InChI=1S/C23H21N3O3/c1-29-18-13-11-17(12-14-18)24-22(27)19-8-4-9-20(25-19)23(28)26-15-5-7-16-6-2-3-10-21(16)26/h2-4,6,8-14H,5,7,15H2,1H3,(H,24,27). The molecule has 6 heteroatoms. The van der Waals surface area contributed by atoms with Gasteiger partial charge in [-0.05, 0) is 60.9 Å². The number of fused-ring (bicyclic) bond motifs is 1. The van der Waals surface area contributed by atoms with E-state index in [0.29, 0.717) is 18.0 Å². The van der Waals surface area contributed by atoms with Crippen LogP contribution in [0, 0.1) is 0 Å². The van der Waals surface area contributed by atoms with E-state index in [4.69, 9.17) is 4.74 Å². The Bertz CT molecular complexity index is 1050. The average Bonchev–Trinajstić information content (AvgIpc) is 2.79. The zero-order valence-corrected chi connectivity index (χ0v) is 16.1. The SMILES string of the molecule is COc1ccc(NC(=O)c2cccc(C(=O)N3CCCc4ccccc43)n2)cc1. The van der Waals surface area contributed by atoms with Crippen LogP contribution in [-0.4, -0.2) is 30.5 Å².